The number of rotatable bonds is 13. The molecule has 11 nitrogen and oxygen atoms in total. The first kappa shape index (κ1) is 23.3. The lowest BCUT2D eigenvalue weighted by molar-refractivity contribution is 0.0547. The Balaban J connectivity index is 1.37. The standard InChI is InChI=1S/C22H33N7O4/c23-8-10-30-12-13-31-11-9-24-20-27-21(25-16-4-2-1-3-5-16)29-22(28-20)26-17-6-7-18-19(14-17)33-15-32-18/h6-7,14,16H,1-5,8-13,15,23H2,(H3,24,25,26,27,28,29). The Kier molecular flexibility index (Phi) is 8.73. The third-order valence-electron chi connectivity index (χ3n) is 5.37. The Morgan fingerprint density at radius 2 is 1.64 bits per heavy atom. The summed E-state index contributed by atoms with van der Waals surface area (Å²) >= 11 is 0. The molecule has 1 aromatic carbocycles. The van der Waals surface area contributed by atoms with E-state index >= 15 is 0 Å². The highest BCUT2D eigenvalue weighted by molar-refractivity contribution is 5.61. The molecule has 0 saturated heterocycles. The summed E-state index contributed by atoms with van der Waals surface area (Å²) in [5.41, 5.74) is 6.20. The van der Waals surface area contributed by atoms with Crippen LogP contribution in [0.25, 0.3) is 0 Å². The number of ether oxygens (including phenoxy) is 4. The molecule has 4 rings (SSSR count). The molecule has 0 bridgehead atoms. The van der Waals surface area contributed by atoms with Gasteiger partial charge in [0.1, 0.15) is 0 Å². The van der Waals surface area contributed by atoms with E-state index in [9.17, 15) is 0 Å². The van der Waals surface area contributed by atoms with Crippen LogP contribution in [-0.2, 0) is 9.47 Å². The van der Waals surface area contributed by atoms with E-state index in [4.69, 9.17) is 24.7 Å². The number of anilines is 4. The van der Waals surface area contributed by atoms with Crippen molar-refractivity contribution in [3.05, 3.63) is 18.2 Å². The Morgan fingerprint density at radius 3 is 2.48 bits per heavy atom. The average molecular weight is 460 g/mol. The third kappa shape index (κ3) is 7.31. The van der Waals surface area contributed by atoms with E-state index in [0.717, 1.165) is 24.3 Å². The van der Waals surface area contributed by atoms with Gasteiger partial charge in [0, 0.05) is 30.9 Å². The van der Waals surface area contributed by atoms with Crippen LogP contribution < -0.4 is 31.2 Å². The van der Waals surface area contributed by atoms with E-state index in [1.807, 2.05) is 18.2 Å². The highest BCUT2D eigenvalue weighted by Crippen LogP contribution is 2.35. The van der Waals surface area contributed by atoms with Crippen molar-refractivity contribution in [2.45, 2.75) is 38.1 Å². The molecule has 2 aliphatic rings. The van der Waals surface area contributed by atoms with Gasteiger partial charge in [0.25, 0.3) is 0 Å². The van der Waals surface area contributed by atoms with Crippen LogP contribution in [0.3, 0.4) is 0 Å². The molecule has 5 N–H and O–H groups in total. The van der Waals surface area contributed by atoms with E-state index in [1.165, 1.54) is 19.3 Å². The molecule has 0 spiro atoms. The first-order valence-corrected chi connectivity index (χ1v) is 11.6. The minimum absolute atomic E-state index is 0.231. The van der Waals surface area contributed by atoms with Crippen molar-refractivity contribution in [3.8, 4) is 11.5 Å². The van der Waals surface area contributed by atoms with Gasteiger partial charge >= 0.3 is 0 Å². The molecule has 0 radical (unpaired) electrons. The van der Waals surface area contributed by atoms with Gasteiger partial charge in [-0.05, 0) is 25.0 Å². The van der Waals surface area contributed by atoms with Crippen molar-refractivity contribution in [2.75, 3.05) is 62.3 Å². The van der Waals surface area contributed by atoms with E-state index in [1.54, 1.807) is 0 Å². The molecular weight excluding hydrogens is 426 g/mol. The fourth-order valence-corrected chi connectivity index (χ4v) is 3.75. The minimum Gasteiger partial charge on any atom is -0.454 e. The second kappa shape index (κ2) is 12.4. The number of hydrogen-bond donors (Lipinski definition) is 4. The summed E-state index contributed by atoms with van der Waals surface area (Å²) in [6, 6.07) is 6.01. The van der Waals surface area contributed by atoms with Crippen molar-refractivity contribution in [3.63, 3.8) is 0 Å². The molecule has 180 valence electrons. The highest BCUT2D eigenvalue weighted by atomic mass is 16.7. The van der Waals surface area contributed by atoms with Crippen LogP contribution in [0.1, 0.15) is 32.1 Å². The molecule has 1 saturated carbocycles. The fourth-order valence-electron chi connectivity index (χ4n) is 3.75. The normalized spacial score (nSPS) is 15.4. The molecule has 33 heavy (non-hydrogen) atoms. The molecule has 0 amide bonds. The molecule has 1 fully saturated rings. The number of benzene rings is 1. The maximum absolute atomic E-state index is 5.57. The molecular formula is C22H33N7O4. The van der Waals surface area contributed by atoms with Crippen LogP contribution in [0, 0.1) is 0 Å². The Bertz CT molecular complexity index is 880. The van der Waals surface area contributed by atoms with Crippen LogP contribution in [0.15, 0.2) is 18.2 Å². The average Bonchev–Trinajstić information content (AvgIpc) is 3.29. The van der Waals surface area contributed by atoms with Crippen molar-refractivity contribution in [1.29, 1.82) is 0 Å². The summed E-state index contributed by atoms with van der Waals surface area (Å²) in [7, 11) is 0. The zero-order chi connectivity index (χ0) is 22.7. The molecule has 2 aromatic rings. The zero-order valence-corrected chi connectivity index (χ0v) is 18.8. The lowest BCUT2D eigenvalue weighted by Gasteiger charge is -2.23. The first-order chi connectivity index (χ1) is 16.3. The zero-order valence-electron chi connectivity index (χ0n) is 18.8. The van der Waals surface area contributed by atoms with Gasteiger partial charge < -0.3 is 40.6 Å². The molecule has 1 aromatic heterocycles. The Morgan fingerprint density at radius 1 is 0.879 bits per heavy atom. The van der Waals surface area contributed by atoms with Gasteiger partial charge in [-0.3, -0.25) is 0 Å². The summed E-state index contributed by atoms with van der Waals surface area (Å²) in [4.78, 5) is 13.7. The van der Waals surface area contributed by atoms with E-state index < -0.39 is 0 Å². The van der Waals surface area contributed by atoms with Gasteiger partial charge in [-0.2, -0.15) is 15.0 Å². The number of nitrogens with two attached hydrogens (primary N) is 1. The highest BCUT2D eigenvalue weighted by Gasteiger charge is 2.17. The largest absolute Gasteiger partial charge is 0.454 e. The number of hydrogen-bond acceptors (Lipinski definition) is 11. The maximum atomic E-state index is 5.57. The van der Waals surface area contributed by atoms with Crippen molar-refractivity contribution in [1.82, 2.24) is 15.0 Å². The second-order valence-corrected chi connectivity index (χ2v) is 7.92. The van der Waals surface area contributed by atoms with E-state index in [-0.39, 0.29) is 6.79 Å². The third-order valence-corrected chi connectivity index (χ3v) is 5.37. The smallest absolute Gasteiger partial charge is 0.233 e. The van der Waals surface area contributed by atoms with Crippen LogP contribution in [0.4, 0.5) is 23.5 Å². The van der Waals surface area contributed by atoms with E-state index in [0.29, 0.717) is 69.2 Å². The Hall–Kier alpha value is -2.89. The summed E-state index contributed by atoms with van der Waals surface area (Å²) in [5.74, 6) is 2.90. The quantitative estimate of drug-likeness (QED) is 0.329. The predicted octanol–water partition coefficient (Wildman–Crippen LogP) is 2.49. The molecule has 11 heteroatoms. The van der Waals surface area contributed by atoms with Gasteiger partial charge in [0.2, 0.25) is 24.6 Å². The fraction of sp³-hybridized carbons (Fsp3) is 0.591. The maximum Gasteiger partial charge on any atom is 0.233 e. The number of nitrogens with one attached hydrogen (secondary N) is 3. The molecule has 1 aliphatic carbocycles. The van der Waals surface area contributed by atoms with Gasteiger partial charge in [0.15, 0.2) is 11.5 Å². The lowest BCUT2D eigenvalue weighted by Crippen LogP contribution is -2.24. The van der Waals surface area contributed by atoms with Crippen LogP contribution in [0.2, 0.25) is 0 Å². The van der Waals surface area contributed by atoms with Gasteiger partial charge in [0.05, 0.1) is 26.4 Å². The number of fused-ring (bicyclic) bond motifs is 1. The van der Waals surface area contributed by atoms with Crippen LogP contribution in [-0.4, -0.2) is 67.3 Å². The van der Waals surface area contributed by atoms with Gasteiger partial charge in [-0.1, -0.05) is 19.3 Å². The van der Waals surface area contributed by atoms with Crippen molar-refractivity contribution < 1.29 is 18.9 Å². The van der Waals surface area contributed by atoms with E-state index in [2.05, 4.69) is 30.9 Å². The molecule has 1 aliphatic heterocycles. The lowest BCUT2D eigenvalue weighted by atomic mass is 9.96. The van der Waals surface area contributed by atoms with Gasteiger partial charge in [-0.25, -0.2) is 0 Å². The van der Waals surface area contributed by atoms with Crippen molar-refractivity contribution >= 4 is 23.5 Å². The summed E-state index contributed by atoms with van der Waals surface area (Å²) < 4.78 is 21.7. The topological polar surface area (TPSA) is 138 Å². The van der Waals surface area contributed by atoms with Crippen LogP contribution >= 0.6 is 0 Å². The number of nitrogens with zero attached hydrogens (tertiary/aromatic N) is 3. The SMILES string of the molecule is NCCOCCOCCNc1nc(Nc2ccc3c(c2)OCO3)nc(NC2CCCCC2)n1. The first-order valence-electron chi connectivity index (χ1n) is 11.6. The summed E-state index contributed by atoms with van der Waals surface area (Å²) in [6.45, 7) is 3.41. The summed E-state index contributed by atoms with van der Waals surface area (Å²) in [5, 5.41) is 9.94. The second-order valence-electron chi connectivity index (χ2n) is 7.92. The monoisotopic (exact) mass is 459 g/mol. The molecule has 0 atom stereocenters. The van der Waals surface area contributed by atoms with Gasteiger partial charge in [-0.15, -0.1) is 0 Å². The number of aromatic nitrogens is 3. The predicted molar refractivity (Wildman–Crippen MR) is 125 cm³/mol. The van der Waals surface area contributed by atoms with Crippen molar-refractivity contribution in [2.24, 2.45) is 5.73 Å². The molecule has 2 heterocycles. The summed E-state index contributed by atoms with van der Waals surface area (Å²) in [6.07, 6.45) is 5.99. The Labute approximate surface area is 193 Å². The molecule has 0 unspecified atom stereocenters. The van der Waals surface area contributed by atoms with Crippen LogP contribution in [0.5, 0.6) is 11.5 Å². The minimum atomic E-state index is 0.231.